The van der Waals surface area contributed by atoms with Crippen molar-refractivity contribution in [1.29, 1.82) is 0 Å². The molecule has 29 heavy (non-hydrogen) atoms. The van der Waals surface area contributed by atoms with Crippen molar-refractivity contribution >= 4 is 29.4 Å². The van der Waals surface area contributed by atoms with Crippen LogP contribution in [0.4, 0.5) is 5.69 Å². The van der Waals surface area contributed by atoms with E-state index in [1.807, 2.05) is 31.2 Å². The van der Waals surface area contributed by atoms with Crippen molar-refractivity contribution in [2.45, 2.75) is 52.2 Å². The fraction of sp³-hybridized carbons (Fsp3) is 0.455. The van der Waals surface area contributed by atoms with E-state index < -0.39 is 35.9 Å². The molecule has 1 aliphatic carbocycles. The van der Waals surface area contributed by atoms with Gasteiger partial charge in [0.2, 0.25) is 11.8 Å². The van der Waals surface area contributed by atoms with Crippen LogP contribution >= 0.6 is 0 Å². The van der Waals surface area contributed by atoms with Crippen molar-refractivity contribution in [2.24, 2.45) is 11.8 Å². The molecule has 0 unspecified atom stereocenters. The molecule has 0 saturated carbocycles. The van der Waals surface area contributed by atoms with Gasteiger partial charge in [-0.15, -0.1) is 0 Å². The lowest BCUT2D eigenvalue weighted by Crippen LogP contribution is -2.46. The topological polar surface area (TPSA) is 92.8 Å². The molecular formula is C22H26N2O5. The lowest BCUT2D eigenvalue weighted by atomic mass is 9.85. The summed E-state index contributed by atoms with van der Waals surface area (Å²) in [7, 11) is 0. The summed E-state index contributed by atoms with van der Waals surface area (Å²) in [6.45, 7) is 4.95. The minimum absolute atomic E-state index is 0.345. The number of aryl methyl sites for hydroxylation is 1. The number of nitrogens with one attached hydrogen (secondary N) is 1. The molecule has 1 fully saturated rings. The Labute approximate surface area is 170 Å². The van der Waals surface area contributed by atoms with Crippen LogP contribution in [0.5, 0.6) is 0 Å². The van der Waals surface area contributed by atoms with Gasteiger partial charge in [-0.3, -0.25) is 19.3 Å². The average Bonchev–Trinajstić information content (AvgIpc) is 2.98. The van der Waals surface area contributed by atoms with Gasteiger partial charge in [-0.05, 0) is 50.8 Å². The molecule has 0 radical (unpaired) electrons. The third-order valence-corrected chi connectivity index (χ3v) is 5.56. The van der Waals surface area contributed by atoms with Crippen molar-refractivity contribution in [1.82, 2.24) is 4.90 Å². The summed E-state index contributed by atoms with van der Waals surface area (Å²) in [5.41, 5.74) is 1.75. The van der Waals surface area contributed by atoms with Gasteiger partial charge in [0.15, 0.2) is 6.10 Å². The second kappa shape index (κ2) is 8.59. The van der Waals surface area contributed by atoms with Crippen LogP contribution in [0.15, 0.2) is 36.4 Å². The highest BCUT2D eigenvalue weighted by molar-refractivity contribution is 6.08. The molecule has 4 atom stereocenters. The summed E-state index contributed by atoms with van der Waals surface area (Å²) in [5, 5.41) is 2.69. The van der Waals surface area contributed by atoms with Gasteiger partial charge in [-0.2, -0.15) is 0 Å². The number of imide groups is 1. The normalized spacial score (nSPS) is 22.8. The molecule has 1 aromatic rings. The molecule has 154 valence electrons. The van der Waals surface area contributed by atoms with Gasteiger partial charge in [0.1, 0.15) is 6.04 Å². The van der Waals surface area contributed by atoms with E-state index in [9.17, 15) is 19.2 Å². The van der Waals surface area contributed by atoms with Crippen molar-refractivity contribution < 1.29 is 23.9 Å². The number of hydrogen-bond donors (Lipinski definition) is 1. The Morgan fingerprint density at radius 2 is 1.62 bits per heavy atom. The minimum atomic E-state index is -1.07. The third kappa shape index (κ3) is 4.23. The molecule has 7 nitrogen and oxygen atoms in total. The van der Waals surface area contributed by atoms with Gasteiger partial charge >= 0.3 is 5.97 Å². The van der Waals surface area contributed by atoms with Crippen molar-refractivity contribution in [3.8, 4) is 0 Å². The molecule has 3 amide bonds. The summed E-state index contributed by atoms with van der Waals surface area (Å²) in [6.07, 6.45) is 4.61. The molecular weight excluding hydrogens is 372 g/mol. The van der Waals surface area contributed by atoms with Crippen molar-refractivity contribution in [3.63, 3.8) is 0 Å². The molecule has 0 aromatic heterocycles. The largest absolute Gasteiger partial charge is 0.451 e. The number of benzene rings is 1. The number of rotatable bonds is 6. The Morgan fingerprint density at radius 1 is 1.07 bits per heavy atom. The first-order valence-corrected chi connectivity index (χ1v) is 9.95. The van der Waals surface area contributed by atoms with Crippen LogP contribution in [0.25, 0.3) is 0 Å². The van der Waals surface area contributed by atoms with E-state index in [0.29, 0.717) is 18.5 Å². The number of fused-ring (bicyclic) bond motifs is 1. The number of nitrogens with zero attached hydrogens (tertiary/aromatic N) is 1. The number of anilines is 1. The van der Waals surface area contributed by atoms with Gasteiger partial charge in [0.05, 0.1) is 11.8 Å². The van der Waals surface area contributed by atoms with Gasteiger partial charge in [0.25, 0.3) is 5.91 Å². The quantitative estimate of drug-likeness (QED) is 0.451. The Hall–Kier alpha value is -2.96. The van der Waals surface area contributed by atoms with Crippen molar-refractivity contribution in [2.75, 3.05) is 5.32 Å². The van der Waals surface area contributed by atoms with E-state index in [1.54, 1.807) is 12.1 Å². The molecule has 1 aromatic carbocycles. The number of allylic oxidation sites excluding steroid dienone is 2. The fourth-order valence-corrected chi connectivity index (χ4v) is 3.71. The first kappa shape index (κ1) is 20.8. The standard InChI is InChI=1S/C22H26N2O5/c1-4-15-9-11-16(12-10-15)23-19(25)14(3)29-22(28)13(2)24-20(26)17-7-5-6-8-18(17)21(24)27/h5-6,9-14,17-18H,4,7-8H2,1-3H3,(H,23,25)/t13-,14+,17-,18+/m0/s1. The van der Waals surface area contributed by atoms with E-state index in [4.69, 9.17) is 4.74 Å². The number of esters is 1. The van der Waals surface area contributed by atoms with E-state index in [0.717, 1.165) is 16.9 Å². The molecule has 3 rings (SSSR count). The number of likely N-dealkylation sites (tertiary alicyclic amines) is 1. The lowest BCUT2D eigenvalue weighted by molar-refractivity contribution is -0.163. The predicted octanol–water partition coefficient (Wildman–Crippen LogP) is 2.46. The first-order chi connectivity index (χ1) is 13.8. The van der Waals surface area contributed by atoms with Crippen LogP contribution in [0.3, 0.4) is 0 Å². The highest BCUT2D eigenvalue weighted by atomic mass is 16.5. The van der Waals surface area contributed by atoms with E-state index in [1.165, 1.54) is 13.8 Å². The average molecular weight is 398 g/mol. The van der Waals surface area contributed by atoms with Crippen LogP contribution in [-0.2, 0) is 30.3 Å². The molecule has 1 heterocycles. The Bertz CT molecular complexity index is 819. The monoisotopic (exact) mass is 398 g/mol. The lowest BCUT2D eigenvalue weighted by Gasteiger charge is -2.23. The summed E-state index contributed by atoms with van der Waals surface area (Å²) >= 11 is 0. The molecule has 1 aliphatic heterocycles. The number of carbonyl (C=O) groups excluding carboxylic acids is 4. The molecule has 0 spiro atoms. The zero-order valence-corrected chi connectivity index (χ0v) is 16.9. The Balaban J connectivity index is 1.59. The van der Waals surface area contributed by atoms with Crippen LogP contribution < -0.4 is 5.32 Å². The Morgan fingerprint density at radius 3 is 2.14 bits per heavy atom. The van der Waals surface area contributed by atoms with Crippen LogP contribution in [0.1, 0.15) is 39.2 Å². The van der Waals surface area contributed by atoms with Gasteiger partial charge in [-0.25, -0.2) is 4.79 Å². The minimum Gasteiger partial charge on any atom is -0.451 e. The van der Waals surface area contributed by atoms with E-state index in [-0.39, 0.29) is 11.8 Å². The molecule has 1 saturated heterocycles. The second-order valence-corrected chi connectivity index (χ2v) is 7.50. The summed E-state index contributed by atoms with van der Waals surface area (Å²) in [4.78, 5) is 51.0. The smallest absolute Gasteiger partial charge is 0.329 e. The van der Waals surface area contributed by atoms with Gasteiger partial charge in [0, 0.05) is 5.69 Å². The van der Waals surface area contributed by atoms with E-state index >= 15 is 0 Å². The predicted molar refractivity (Wildman–Crippen MR) is 107 cm³/mol. The highest BCUT2D eigenvalue weighted by Crippen LogP contribution is 2.36. The third-order valence-electron chi connectivity index (χ3n) is 5.56. The Kier molecular flexibility index (Phi) is 6.15. The molecule has 2 aliphatic rings. The maximum Gasteiger partial charge on any atom is 0.329 e. The van der Waals surface area contributed by atoms with Crippen LogP contribution in [0, 0.1) is 11.8 Å². The van der Waals surface area contributed by atoms with Crippen molar-refractivity contribution in [3.05, 3.63) is 42.0 Å². The highest BCUT2D eigenvalue weighted by Gasteiger charge is 2.50. The first-order valence-electron chi connectivity index (χ1n) is 9.95. The molecule has 0 bridgehead atoms. The van der Waals surface area contributed by atoms with Crippen LogP contribution in [-0.4, -0.2) is 40.7 Å². The second-order valence-electron chi connectivity index (χ2n) is 7.50. The number of amides is 3. The number of ether oxygens (including phenoxy) is 1. The number of hydrogen-bond acceptors (Lipinski definition) is 5. The maximum atomic E-state index is 12.6. The SMILES string of the molecule is CCc1ccc(NC(=O)[C@@H](C)OC(=O)[C@H](C)N2C(=O)[C@H]3CC=CC[C@H]3C2=O)cc1. The molecule has 7 heteroatoms. The molecule has 1 N–H and O–H groups in total. The fourth-order valence-electron chi connectivity index (χ4n) is 3.71. The summed E-state index contributed by atoms with van der Waals surface area (Å²) < 4.78 is 5.24. The zero-order valence-electron chi connectivity index (χ0n) is 16.9. The summed E-state index contributed by atoms with van der Waals surface area (Å²) in [5.74, 6) is -2.76. The van der Waals surface area contributed by atoms with E-state index in [2.05, 4.69) is 5.32 Å². The summed E-state index contributed by atoms with van der Waals surface area (Å²) in [6, 6.07) is 6.32. The maximum absolute atomic E-state index is 12.6. The zero-order chi connectivity index (χ0) is 21.1. The van der Waals surface area contributed by atoms with Crippen LogP contribution in [0.2, 0.25) is 0 Å². The van der Waals surface area contributed by atoms with Gasteiger partial charge < -0.3 is 10.1 Å². The number of carbonyl (C=O) groups is 4. The van der Waals surface area contributed by atoms with Gasteiger partial charge in [-0.1, -0.05) is 31.2 Å².